The van der Waals surface area contributed by atoms with E-state index in [9.17, 15) is 39.6 Å². The topological polar surface area (TPSA) is 80.7 Å². The summed E-state index contributed by atoms with van der Waals surface area (Å²) in [5.41, 5.74) is 0. The first-order chi connectivity index (χ1) is 7.73. The van der Waals surface area contributed by atoms with Crippen molar-refractivity contribution in [1.29, 1.82) is 0 Å². The van der Waals surface area contributed by atoms with Gasteiger partial charge in [0.2, 0.25) is 0 Å². The Bertz CT molecular complexity index is 407. The lowest BCUT2D eigenvalue weighted by atomic mass is 10.1. The van der Waals surface area contributed by atoms with Crippen LogP contribution in [0, 0.1) is 0 Å². The Labute approximate surface area is 96.5 Å². The highest BCUT2D eigenvalue weighted by Gasteiger charge is 2.84. The van der Waals surface area contributed by atoms with Crippen LogP contribution in [0.5, 0.6) is 0 Å². The molecule has 0 saturated carbocycles. The maximum Gasteiger partial charge on any atom is 0.430 e. The first-order valence-electron chi connectivity index (χ1n) is 4.01. The molecule has 1 N–H and O–H groups in total. The van der Waals surface area contributed by atoms with Gasteiger partial charge >= 0.3 is 33.2 Å². The minimum absolute atomic E-state index is 0.861. The second-order valence-corrected chi connectivity index (χ2v) is 4.43. The fourth-order valence-electron chi connectivity index (χ4n) is 1.02. The molecule has 18 heavy (non-hydrogen) atoms. The zero-order valence-corrected chi connectivity index (χ0v) is 9.28. The average molecular weight is 304 g/mol. The van der Waals surface area contributed by atoms with Crippen molar-refractivity contribution < 1.29 is 48.8 Å². The number of alkyl halides is 6. The van der Waals surface area contributed by atoms with Gasteiger partial charge in [-0.2, -0.15) is 34.8 Å². The molecular formula is C6H6F6O5S. The van der Waals surface area contributed by atoms with E-state index in [2.05, 4.69) is 4.74 Å². The molecule has 0 unspecified atom stereocenters. The maximum absolute atomic E-state index is 12.4. The first kappa shape index (κ1) is 17.0. The van der Waals surface area contributed by atoms with Crippen molar-refractivity contribution >= 4 is 16.1 Å². The third-order valence-electron chi connectivity index (χ3n) is 1.75. The molecule has 5 nitrogen and oxygen atoms in total. The van der Waals surface area contributed by atoms with E-state index in [1.165, 1.54) is 0 Å². The second-order valence-electron chi connectivity index (χ2n) is 2.87. The number of ether oxygens (including phenoxy) is 1. The molecular weight excluding hydrogens is 298 g/mol. The molecule has 0 radical (unpaired) electrons. The van der Waals surface area contributed by atoms with Gasteiger partial charge in [0.25, 0.3) is 0 Å². The van der Waals surface area contributed by atoms with Crippen LogP contribution in [-0.4, -0.2) is 42.6 Å². The summed E-state index contributed by atoms with van der Waals surface area (Å²) < 4.78 is 101. The highest BCUT2D eigenvalue weighted by molar-refractivity contribution is 7.88. The smallest absolute Gasteiger partial charge is 0.430 e. The Hall–Kier alpha value is -1.04. The van der Waals surface area contributed by atoms with Gasteiger partial charge in [-0.05, 0) is 6.92 Å². The molecule has 0 aliphatic heterocycles. The quantitative estimate of drug-likeness (QED) is 0.483. The molecule has 0 fully saturated rings. The normalized spacial score (nSPS) is 14.4. The summed E-state index contributed by atoms with van der Waals surface area (Å²) in [6.45, 7) is -0.0817. The molecule has 108 valence electrons. The number of hydrogen-bond donors (Lipinski definition) is 1. The summed E-state index contributed by atoms with van der Waals surface area (Å²) in [7, 11) is -6.89. The summed E-state index contributed by atoms with van der Waals surface area (Å²) >= 11 is 0. The monoisotopic (exact) mass is 304 g/mol. The molecule has 0 saturated heterocycles. The molecule has 0 heterocycles. The van der Waals surface area contributed by atoms with Crippen LogP contribution in [0.2, 0.25) is 0 Å². The number of esters is 1. The van der Waals surface area contributed by atoms with Crippen molar-refractivity contribution in [1.82, 2.24) is 0 Å². The molecule has 0 spiro atoms. The predicted octanol–water partition coefficient (Wildman–Crippen LogP) is 1.30. The minimum Gasteiger partial charge on any atom is -0.464 e. The first-order valence-corrected chi connectivity index (χ1v) is 5.45. The standard InChI is InChI=1S/C6H6F6O5S/c1-2-17-3(13)4(5(7,8)9,6(10,11)12)18(14,15)16/h2H2,1H3,(H,14,15,16). The highest BCUT2D eigenvalue weighted by Crippen LogP contribution is 2.49. The van der Waals surface area contributed by atoms with Gasteiger partial charge in [-0.1, -0.05) is 0 Å². The van der Waals surface area contributed by atoms with E-state index in [4.69, 9.17) is 4.55 Å². The fourth-order valence-corrected chi connectivity index (χ4v) is 1.88. The summed E-state index contributed by atoms with van der Waals surface area (Å²) in [6, 6.07) is 0. The predicted molar refractivity (Wildman–Crippen MR) is 43.0 cm³/mol. The lowest BCUT2D eigenvalue weighted by Gasteiger charge is -2.31. The van der Waals surface area contributed by atoms with Crippen LogP contribution >= 0.6 is 0 Å². The maximum atomic E-state index is 12.4. The molecule has 0 aliphatic rings. The summed E-state index contributed by atoms with van der Waals surface area (Å²) in [4.78, 5) is 10.8. The third-order valence-corrected chi connectivity index (χ3v) is 3.15. The summed E-state index contributed by atoms with van der Waals surface area (Å²) in [6.07, 6.45) is -13.3. The Morgan fingerprint density at radius 2 is 1.44 bits per heavy atom. The average Bonchev–Trinajstić information content (AvgIpc) is 1.94. The molecule has 0 amide bonds. The van der Waals surface area contributed by atoms with Crippen LogP contribution in [0.15, 0.2) is 0 Å². The Morgan fingerprint density at radius 1 is 1.11 bits per heavy atom. The number of carbonyl (C=O) groups is 1. The van der Waals surface area contributed by atoms with Crippen molar-refractivity contribution in [3.63, 3.8) is 0 Å². The Morgan fingerprint density at radius 3 is 1.61 bits per heavy atom. The summed E-state index contributed by atoms with van der Waals surface area (Å²) in [5, 5.41) is 0. The van der Waals surface area contributed by atoms with Crippen molar-refractivity contribution in [2.24, 2.45) is 0 Å². The lowest BCUT2D eigenvalue weighted by molar-refractivity contribution is -0.268. The second kappa shape index (κ2) is 4.57. The SMILES string of the molecule is CCOC(=O)C(C(F)(F)F)(C(F)(F)F)S(=O)(=O)O. The van der Waals surface area contributed by atoms with Gasteiger partial charge in [-0.3, -0.25) is 4.55 Å². The Balaban J connectivity index is 6.37. The van der Waals surface area contributed by atoms with Crippen LogP contribution in [-0.2, 0) is 19.6 Å². The molecule has 0 aliphatic carbocycles. The van der Waals surface area contributed by atoms with Gasteiger partial charge in [0, 0.05) is 0 Å². The van der Waals surface area contributed by atoms with E-state index in [-0.39, 0.29) is 0 Å². The van der Waals surface area contributed by atoms with Crippen LogP contribution < -0.4 is 0 Å². The van der Waals surface area contributed by atoms with Crippen LogP contribution in [0.25, 0.3) is 0 Å². The van der Waals surface area contributed by atoms with Gasteiger partial charge in [-0.15, -0.1) is 0 Å². The van der Waals surface area contributed by atoms with E-state index >= 15 is 0 Å². The largest absolute Gasteiger partial charge is 0.464 e. The van der Waals surface area contributed by atoms with Crippen LogP contribution in [0.3, 0.4) is 0 Å². The van der Waals surface area contributed by atoms with Crippen molar-refractivity contribution in [3.05, 3.63) is 0 Å². The number of hydrogen-bond acceptors (Lipinski definition) is 4. The van der Waals surface area contributed by atoms with Gasteiger partial charge in [0.05, 0.1) is 6.61 Å². The number of carbonyl (C=O) groups excluding carboxylic acids is 1. The van der Waals surface area contributed by atoms with Crippen LogP contribution in [0.1, 0.15) is 6.92 Å². The molecule has 0 bridgehead atoms. The van der Waals surface area contributed by atoms with Crippen molar-refractivity contribution in [2.75, 3.05) is 6.61 Å². The van der Waals surface area contributed by atoms with Gasteiger partial charge in [-0.25, -0.2) is 4.79 Å². The fraction of sp³-hybridized carbons (Fsp3) is 0.833. The van der Waals surface area contributed by atoms with E-state index in [1.54, 1.807) is 0 Å². The molecule has 0 aromatic rings. The van der Waals surface area contributed by atoms with Crippen molar-refractivity contribution in [2.45, 2.75) is 24.0 Å². The summed E-state index contributed by atoms with van der Waals surface area (Å²) in [5.74, 6) is -3.16. The van der Waals surface area contributed by atoms with Crippen molar-refractivity contribution in [3.8, 4) is 0 Å². The third kappa shape index (κ3) is 2.39. The van der Waals surface area contributed by atoms with Gasteiger partial charge in [0.1, 0.15) is 0 Å². The molecule has 0 aromatic carbocycles. The molecule has 12 heteroatoms. The van der Waals surface area contributed by atoms with E-state index < -0.39 is 39.8 Å². The van der Waals surface area contributed by atoms with Crippen LogP contribution in [0.4, 0.5) is 26.3 Å². The lowest BCUT2D eigenvalue weighted by Crippen LogP contribution is -2.67. The molecule has 0 rings (SSSR count). The molecule has 0 aromatic heterocycles. The Kier molecular flexibility index (Phi) is 4.31. The van der Waals surface area contributed by atoms with Gasteiger partial charge in [0.15, 0.2) is 0 Å². The number of rotatable bonds is 3. The zero-order valence-electron chi connectivity index (χ0n) is 8.46. The highest BCUT2D eigenvalue weighted by atomic mass is 32.2. The molecule has 0 atom stereocenters. The van der Waals surface area contributed by atoms with Gasteiger partial charge < -0.3 is 4.74 Å². The van der Waals surface area contributed by atoms with E-state index in [1.807, 2.05) is 0 Å². The van der Waals surface area contributed by atoms with E-state index in [0.29, 0.717) is 0 Å². The van der Waals surface area contributed by atoms with E-state index in [0.717, 1.165) is 6.92 Å². The minimum atomic E-state index is -6.89. The zero-order chi connectivity index (χ0) is 15.0. The number of halogens is 6.